The molecule has 2 rings (SSSR count). The van der Waals surface area contributed by atoms with Crippen LogP contribution in [0.2, 0.25) is 0 Å². The molecule has 0 spiro atoms. The Bertz CT molecular complexity index is 420. The Morgan fingerprint density at radius 1 is 1.59 bits per heavy atom. The predicted octanol–water partition coefficient (Wildman–Crippen LogP) is 1.97. The van der Waals surface area contributed by atoms with Gasteiger partial charge in [0.15, 0.2) is 0 Å². The lowest BCUT2D eigenvalue weighted by atomic mass is 10.1. The van der Waals surface area contributed by atoms with E-state index in [9.17, 15) is 9.18 Å². The van der Waals surface area contributed by atoms with Gasteiger partial charge < -0.3 is 10.1 Å². The van der Waals surface area contributed by atoms with Crippen LogP contribution in [0.15, 0.2) is 18.2 Å². The lowest BCUT2D eigenvalue weighted by Crippen LogP contribution is -2.22. The SMILES string of the molecule is COC(=O)CCNC1CCc2c(F)cccc21. The van der Waals surface area contributed by atoms with Crippen molar-refractivity contribution in [3.8, 4) is 0 Å². The summed E-state index contributed by atoms with van der Waals surface area (Å²) < 4.78 is 18.0. The molecule has 0 fully saturated rings. The molecule has 1 aliphatic carbocycles. The maximum atomic E-state index is 13.5. The molecule has 0 bridgehead atoms. The largest absolute Gasteiger partial charge is 0.469 e. The second-order valence-electron chi connectivity index (χ2n) is 4.18. The monoisotopic (exact) mass is 237 g/mol. The van der Waals surface area contributed by atoms with Crippen molar-refractivity contribution in [2.75, 3.05) is 13.7 Å². The van der Waals surface area contributed by atoms with Crippen LogP contribution in [-0.2, 0) is 16.0 Å². The summed E-state index contributed by atoms with van der Waals surface area (Å²) in [5, 5.41) is 3.26. The van der Waals surface area contributed by atoms with E-state index >= 15 is 0 Å². The fourth-order valence-corrected chi connectivity index (χ4v) is 2.27. The highest BCUT2D eigenvalue weighted by atomic mass is 19.1. The van der Waals surface area contributed by atoms with Crippen LogP contribution in [0.1, 0.15) is 30.0 Å². The van der Waals surface area contributed by atoms with Crippen molar-refractivity contribution in [3.63, 3.8) is 0 Å². The normalized spacial score (nSPS) is 17.9. The third-order valence-electron chi connectivity index (χ3n) is 3.16. The molecule has 1 atom stereocenters. The molecule has 0 aromatic heterocycles. The maximum Gasteiger partial charge on any atom is 0.306 e. The number of fused-ring (bicyclic) bond motifs is 1. The van der Waals surface area contributed by atoms with Crippen molar-refractivity contribution in [2.45, 2.75) is 25.3 Å². The summed E-state index contributed by atoms with van der Waals surface area (Å²) in [4.78, 5) is 11.0. The fraction of sp³-hybridized carbons (Fsp3) is 0.462. The summed E-state index contributed by atoms with van der Waals surface area (Å²) in [6, 6.07) is 5.33. The average molecular weight is 237 g/mol. The Kier molecular flexibility index (Phi) is 3.74. The Hall–Kier alpha value is -1.42. The highest BCUT2D eigenvalue weighted by molar-refractivity contribution is 5.69. The van der Waals surface area contributed by atoms with Gasteiger partial charge in [-0.25, -0.2) is 4.39 Å². The minimum Gasteiger partial charge on any atom is -0.469 e. The lowest BCUT2D eigenvalue weighted by Gasteiger charge is -2.13. The zero-order valence-corrected chi connectivity index (χ0v) is 9.83. The summed E-state index contributed by atoms with van der Waals surface area (Å²) in [5.74, 6) is -0.352. The number of carbonyl (C=O) groups excluding carboxylic acids is 1. The predicted molar refractivity (Wildman–Crippen MR) is 62.1 cm³/mol. The smallest absolute Gasteiger partial charge is 0.306 e. The molecule has 0 amide bonds. The fourth-order valence-electron chi connectivity index (χ4n) is 2.27. The first-order chi connectivity index (χ1) is 8.22. The summed E-state index contributed by atoms with van der Waals surface area (Å²) >= 11 is 0. The number of hydrogen-bond donors (Lipinski definition) is 1. The van der Waals surface area contributed by atoms with E-state index in [1.165, 1.54) is 13.2 Å². The number of benzene rings is 1. The van der Waals surface area contributed by atoms with E-state index in [1.54, 1.807) is 6.07 Å². The van der Waals surface area contributed by atoms with Gasteiger partial charge in [-0.2, -0.15) is 0 Å². The summed E-state index contributed by atoms with van der Waals surface area (Å²) in [7, 11) is 1.38. The van der Waals surface area contributed by atoms with Gasteiger partial charge in [0.25, 0.3) is 0 Å². The van der Waals surface area contributed by atoms with Crippen LogP contribution >= 0.6 is 0 Å². The van der Waals surface area contributed by atoms with Crippen LogP contribution < -0.4 is 5.32 Å². The van der Waals surface area contributed by atoms with Crippen LogP contribution in [0, 0.1) is 5.82 Å². The van der Waals surface area contributed by atoms with Crippen LogP contribution in [-0.4, -0.2) is 19.6 Å². The molecule has 1 aromatic carbocycles. The van der Waals surface area contributed by atoms with Gasteiger partial charge in [0.05, 0.1) is 13.5 Å². The topological polar surface area (TPSA) is 38.3 Å². The van der Waals surface area contributed by atoms with Crippen molar-refractivity contribution < 1.29 is 13.9 Å². The molecule has 4 heteroatoms. The Labute approximate surface area is 100.0 Å². The molecular formula is C13H16FNO2. The third-order valence-corrected chi connectivity index (χ3v) is 3.16. The number of hydrogen-bond acceptors (Lipinski definition) is 3. The Balaban J connectivity index is 1.94. The van der Waals surface area contributed by atoms with Crippen LogP contribution in [0.4, 0.5) is 4.39 Å². The minimum absolute atomic E-state index is 0.125. The van der Waals surface area contributed by atoms with Crippen molar-refractivity contribution in [2.24, 2.45) is 0 Å². The summed E-state index contributed by atoms with van der Waals surface area (Å²) in [6.07, 6.45) is 1.99. The number of halogens is 1. The molecule has 0 saturated carbocycles. The zero-order valence-electron chi connectivity index (χ0n) is 9.83. The van der Waals surface area contributed by atoms with Crippen molar-refractivity contribution in [1.82, 2.24) is 5.32 Å². The summed E-state index contributed by atoms with van der Waals surface area (Å²) in [6.45, 7) is 0.563. The van der Waals surface area contributed by atoms with E-state index in [0.29, 0.717) is 13.0 Å². The molecule has 1 aromatic rings. The van der Waals surface area contributed by atoms with Crippen molar-refractivity contribution in [3.05, 3.63) is 35.1 Å². The third kappa shape index (κ3) is 2.64. The first-order valence-corrected chi connectivity index (χ1v) is 5.80. The number of esters is 1. The van der Waals surface area contributed by atoms with E-state index in [4.69, 9.17) is 0 Å². The van der Waals surface area contributed by atoms with Gasteiger partial charge in [-0.3, -0.25) is 4.79 Å². The first-order valence-electron chi connectivity index (χ1n) is 5.80. The van der Waals surface area contributed by atoms with E-state index in [0.717, 1.165) is 24.0 Å². The highest BCUT2D eigenvalue weighted by Gasteiger charge is 2.24. The van der Waals surface area contributed by atoms with Gasteiger partial charge in [-0.1, -0.05) is 12.1 Å². The molecule has 0 aliphatic heterocycles. The number of carbonyl (C=O) groups is 1. The second kappa shape index (κ2) is 5.27. The van der Waals surface area contributed by atoms with Gasteiger partial charge in [0.1, 0.15) is 5.82 Å². The van der Waals surface area contributed by atoms with E-state index in [-0.39, 0.29) is 17.8 Å². The summed E-state index contributed by atoms with van der Waals surface area (Å²) in [5.41, 5.74) is 1.83. The maximum absolute atomic E-state index is 13.5. The first kappa shape index (κ1) is 12.0. The van der Waals surface area contributed by atoms with Crippen molar-refractivity contribution in [1.29, 1.82) is 0 Å². The number of nitrogens with one attached hydrogen (secondary N) is 1. The molecular weight excluding hydrogens is 221 g/mol. The molecule has 1 N–H and O–H groups in total. The Morgan fingerprint density at radius 3 is 3.18 bits per heavy atom. The molecule has 1 unspecified atom stereocenters. The van der Waals surface area contributed by atoms with E-state index in [2.05, 4.69) is 10.1 Å². The lowest BCUT2D eigenvalue weighted by molar-refractivity contribution is -0.140. The molecule has 0 radical (unpaired) electrons. The number of ether oxygens (including phenoxy) is 1. The van der Waals surface area contributed by atoms with Gasteiger partial charge >= 0.3 is 5.97 Å². The van der Waals surface area contributed by atoms with Crippen LogP contribution in [0.5, 0.6) is 0 Å². The zero-order chi connectivity index (χ0) is 12.3. The molecule has 0 heterocycles. The highest BCUT2D eigenvalue weighted by Crippen LogP contribution is 2.32. The second-order valence-corrected chi connectivity index (χ2v) is 4.18. The number of rotatable bonds is 4. The molecule has 92 valence electrons. The Morgan fingerprint density at radius 2 is 2.41 bits per heavy atom. The number of methoxy groups -OCH3 is 1. The molecule has 1 aliphatic rings. The van der Waals surface area contributed by atoms with Crippen LogP contribution in [0.25, 0.3) is 0 Å². The van der Waals surface area contributed by atoms with Gasteiger partial charge in [0, 0.05) is 12.6 Å². The van der Waals surface area contributed by atoms with Crippen LogP contribution in [0.3, 0.4) is 0 Å². The molecule has 0 saturated heterocycles. The van der Waals surface area contributed by atoms with Gasteiger partial charge in [-0.15, -0.1) is 0 Å². The minimum atomic E-state index is -0.227. The molecule has 17 heavy (non-hydrogen) atoms. The van der Waals surface area contributed by atoms with Gasteiger partial charge in [0.2, 0.25) is 0 Å². The van der Waals surface area contributed by atoms with E-state index in [1.807, 2.05) is 6.07 Å². The van der Waals surface area contributed by atoms with E-state index < -0.39 is 0 Å². The molecule has 3 nitrogen and oxygen atoms in total. The standard InChI is InChI=1S/C13H16FNO2/c1-17-13(16)7-8-15-12-6-5-9-10(12)3-2-4-11(9)14/h2-4,12,15H,5-8H2,1H3. The van der Waals surface area contributed by atoms with Gasteiger partial charge in [-0.05, 0) is 30.0 Å². The van der Waals surface area contributed by atoms with Crippen molar-refractivity contribution >= 4 is 5.97 Å². The quantitative estimate of drug-likeness (QED) is 0.814. The average Bonchev–Trinajstić information content (AvgIpc) is 2.74.